The van der Waals surface area contributed by atoms with E-state index < -0.39 is 0 Å². The van der Waals surface area contributed by atoms with Gasteiger partial charge >= 0.3 is 0 Å². The fourth-order valence-corrected chi connectivity index (χ4v) is 1.91. The molecular formula is C10H15NS. The Morgan fingerprint density at radius 2 is 2.17 bits per heavy atom. The second-order valence-electron chi connectivity index (χ2n) is 2.89. The molecule has 0 unspecified atom stereocenters. The molecule has 0 amide bonds. The summed E-state index contributed by atoms with van der Waals surface area (Å²) in [5.74, 6) is 1.15. The number of anilines is 1. The zero-order valence-electron chi connectivity index (χ0n) is 7.63. The fraction of sp³-hybridized carbons (Fsp3) is 0.400. The van der Waals surface area contributed by atoms with Gasteiger partial charge in [0.25, 0.3) is 0 Å². The van der Waals surface area contributed by atoms with Crippen molar-refractivity contribution in [2.75, 3.05) is 11.5 Å². The van der Waals surface area contributed by atoms with Crippen LogP contribution in [0.1, 0.15) is 18.9 Å². The van der Waals surface area contributed by atoms with Crippen LogP contribution in [0.4, 0.5) is 5.69 Å². The van der Waals surface area contributed by atoms with E-state index in [9.17, 15) is 0 Å². The maximum absolute atomic E-state index is 5.81. The third kappa shape index (κ3) is 2.45. The molecule has 0 heterocycles. The summed E-state index contributed by atoms with van der Waals surface area (Å²) in [5.41, 5.74) is 7.99. The summed E-state index contributed by atoms with van der Waals surface area (Å²) in [6.45, 7) is 4.27. The van der Waals surface area contributed by atoms with Gasteiger partial charge in [-0.3, -0.25) is 0 Å². The van der Waals surface area contributed by atoms with Crippen molar-refractivity contribution in [3.8, 4) is 0 Å². The normalized spacial score (nSPS) is 10.2. The van der Waals surface area contributed by atoms with Crippen molar-refractivity contribution in [2.45, 2.75) is 25.2 Å². The van der Waals surface area contributed by atoms with Crippen molar-refractivity contribution in [1.82, 2.24) is 0 Å². The minimum absolute atomic E-state index is 0.902. The lowest BCUT2D eigenvalue weighted by molar-refractivity contribution is 1.10. The SMILES string of the molecule is CCCSc1cc(C)ccc1N. The van der Waals surface area contributed by atoms with Crippen LogP contribution >= 0.6 is 11.8 Å². The zero-order valence-corrected chi connectivity index (χ0v) is 8.45. The highest BCUT2D eigenvalue weighted by molar-refractivity contribution is 7.99. The van der Waals surface area contributed by atoms with E-state index in [2.05, 4.69) is 19.9 Å². The van der Waals surface area contributed by atoms with Gasteiger partial charge in [-0.1, -0.05) is 13.0 Å². The quantitative estimate of drug-likeness (QED) is 0.573. The van der Waals surface area contributed by atoms with Crippen LogP contribution in [0, 0.1) is 6.92 Å². The van der Waals surface area contributed by atoms with E-state index in [1.54, 1.807) is 0 Å². The van der Waals surface area contributed by atoms with Crippen LogP contribution in [0.3, 0.4) is 0 Å². The molecule has 1 aromatic carbocycles. The summed E-state index contributed by atoms with van der Waals surface area (Å²) in [6, 6.07) is 6.17. The van der Waals surface area contributed by atoms with Gasteiger partial charge in [-0.2, -0.15) is 0 Å². The Labute approximate surface area is 78.4 Å². The minimum Gasteiger partial charge on any atom is -0.398 e. The van der Waals surface area contributed by atoms with Crippen molar-refractivity contribution in [3.63, 3.8) is 0 Å². The summed E-state index contributed by atoms with van der Waals surface area (Å²) in [7, 11) is 0. The van der Waals surface area contributed by atoms with Gasteiger partial charge in [0.15, 0.2) is 0 Å². The van der Waals surface area contributed by atoms with Crippen LogP contribution < -0.4 is 5.73 Å². The van der Waals surface area contributed by atoms with Crippen molar-refractivity contribution in [3.05, 3.63) is 23.8 Å². The molecule has 0 aromatic heterocycles. The Hall–Kier alpha value is -0.630. The van der Waals surface area contributed by atoms with Gasteiger partial charge in [0.05, 0.1) is 0 Å². The molecule has 0 bridgehead atoms. The number of thioether (sulfide) groups is 1. The van der Waals surface area contributed by atoms with Gasteiger partial charge in [-0.05, 0) is 36.8 Å². The molecule has 0 spiro atoms. The summed E-state index contributed by atoms with van der Waals surface area (Å²) >= 11 is 1.84. The van der Waals surface area contributed by atoms with Gasteiger partial charge in [0.2, 0.25) is 0 Å². The van der Waals surface area contributed by atoms with Crippen LogP contribution in [0.15, 0.2) is 23.1 Å². The van der Waals surface area contributed by atoms with E-state index >= 15 is 0 Å². The van der Waals surface area contributed by atoms with Gasteiger partial charge in [-0.15, -0.1) is 11.8 Å². The zero-order chi connectivity index (χ0) is 8.97. The van der Waals surface area contributed by atoms with E-state index in [-0.39, 0.29) is 0 Å². The summed E-state index contributed by atoms with van der Waals surface area (Å²) in [6.07, 6.45) is 1.19. The summed E-state index contributed by atoms with van der Waals surface area (Å²) in [5, 5.41) is 0. The van der Waals surface area contributed by atoms with Crippen molar-refractivity contribution >= 4 is 17.4 Å². The first kappa shape index (κ1) is 9.46. The molecule has 12 heavy (non-hydrogen) atoms. The fourth-order valence-electron chi connectivity index (χ4n) is 0.979. The van der Waals surface area contributed by atoms with E-state index in [0.29, 0.717) is 0 Å². The molecule has 2 heteroatoms. The lowest BCUT2D eigenvalue weighted by Crippen LogP contribution is -1.89. The van der Waals surface area contributed by atoms with Crippen LogP contribution in [0.25, 0.3) is 0 Å². The third-order valence-electron chi connectivity index (χ3n) is 1.63. The molecule has 0 atom stereocenters. The standard InChI is InChI=1S/C10H15NS/c1-3-6-12-10-7-8(2)4-5-9(10)11/h4-5,7H,3,6,11H2,1-2H3. The van der Waals surface area contributed by atoms with Gasteiger partial charge < -0.3 is 5.73 Å². The number of aryl methyl sites for hydroxylation is 1. The number of hydrogen-bond donors (Lipinski definition) is 1. The Balaban J connectivity index is 2.75. The van der Waals surface area contributed by atoms with Crippen LogP contribution in [0.5, 0.6) is 0 Å². The van der Waals surface area contributed by atoms with Crippen LogP contribution in [-0.4, -0.2) is 5.75 Å². The van der Waals surface area contributed by atoms with Gasteiger partial charge in [0, 0.05) is 10.6 Å². The monoisotopic (exact) mass is 181 g/mol. The first-order chi connectivity index (χ1) is 5.74. The van der Waals surface area contributed by atoms with Crippen molar-refractivity contribution in [2.24, 2.45) is 0 Å². The second-order valence-corrected chi connectivity index (χ2v) is 4.03. The van der Waals surface area contributed by atoms with Crippen molar-refractivity contribution < 1.29 is 0 Å². The molecule has 0 saturated heterocycles. The molecule has 0 saturated carbocycles. The molecule has 0 aliphatic rings. The molecule has 2 N–H and O–H groups in total. The predicted molar refractivity (Wildman–Crippen MR) is 56.6 cm³/mol. The molecule has 0 radical (unpaired) electrons. The molecular weight excluding hydrogens is 166 g/mol. The van der Waals surface area contributed by atoms with Gasteiger partial charge in [0.1, 0.15) is 0 Å². The molecule has 0 aliphatic carbocycles. The van der Waals surface area contributed by atoms with Crippen molar-refractivity contribution in [1.29, 1.82) is 0 Å². The lowest BCUT2D eigenvalue weighted by Gasteiger charge is -2.04. The maximum Gasteiger partial charge on any atom is 0.0452 e. The maximum atomic E-state index is 5.81. The largest absolute Gasteiger partial charge is 0.398 e. The van der Waals surface area contributed by atoms with E-state index in [1.807, 2.05) is 23.9 Å². The first-order valence-corrected chi connectivity index (χ1v) is 5.21. The summed E-state index contributed by atoms with van der Waals surface area (Å²) < 4.78 is 0. The Bertz CT molecular complexity index is 258. The van der Waals surface area contributed by atoms with Gasteiger partial charge in [-0.25, -0.2) is 0 Å². The number of nitrogen functional groups attached to an aromatic ring is 1. The van der Waals surface area contributed by atoms with Crippen LogP contribution in [0.2, 0.25) is 0 Å². The Kier molecular flexibility index (Phi) is 3.48. The third-order valence-corrected chi connectivity index (χ3v) is 2.91. The van der Waals surface area contributed by atoms with E-state index in [1.165, 1.54) is 16.9 Å². The smallest absolute Gasteiger partial charge is 0.0452 e. The van der Waals surface area contributed by atoms with Crippen LogP contribution in [-0.2, 0) is 0 Å². The molecule has 1 aromatic rings. The lowest BCUT2D eigenvalue weighted by atomic mass is 10.2. The summed E-state index contributed by atoms with van der Waals surface area (Å²) in [4.78, 5) is 1.22. The number of hydrogen-bond acceptors (Lipinski definition) is 2. The minimum atomic E-state index is 0.902. The molecule has 66 valence electrons. The highest BCUT2D eigenvalue weighted by Gasteiger charge is 1.98. The topological polar surface area (TPSA) is 26.0 Å². The predicted octanol–water partition coefficient (Wildman–Crippen LogP) is 3.08. The number of benzene rings is 1. The Morgan fingerprint density at radius 3 is 2.83 bits per heavy atom. The van der Waals surface area contributed by atoms with E-state index in [4.69, 9.17) is 5.73 Å². The number of nitrogens with two attached hydrogens (primary N) is 1. The molecule has 1 nitrogen and oxygen atoms in total. The first-order valence-electron chi connectivity index (χ1n) is 4.23. The average Bonchev–Trinajstić information content (AvgIpc) is 2.07. The molecule has 0 aliphatic heterocycles. The average molecular weight is 181 g/mol. The molecule has 1 rings (SSSR count). The van der Waals surface area contributed by atoms with E-state index in [0.717, 1.165) is 11.4 Å². The second kappa shape index (κ2) is 4.41. The Morgan fingerprint density at radius 1 is 1.42 bits per heavy atom. The number of rotatable bonds is 3. The highest BCUT2D eigenvalue weighted by Crippen LogP contribution is 2.26. The molecule has 0 fully saturated rings. The highest BCUT2D eigenvalue weighted by atomic mass is 32.2.